The van der Waals surface area contributed by atoms with Gasteiger partial charge in [0.25, 0.3) is 0 Å². The van der Waals surface area contributed by atoms with Crippen molar-refractivity contribution in [2.45, 2.75) is 17.8 Å². The Morgan fingerprint density at radius 1 is 0.353 bits per heavy atom. The summed E-state index contributed by atoms with van der Waals surface area (Å²) < 4.78 is 101. The maximum atomic E-state index is 14.9. The summed E-state index contributed by atoms with van der Waals surface area (Å²) in [5, 5.41) is 19.9. The third kappa shape index (κ3) is 5.49. The summed E-state index contributed by atoms with van der Waals surface area (Å²) in [6.07, 6.45) is -11.6. The standard InChI is InChI=1S/C39H22F6N4O2/c40-38(41,42)37(39(43,44)45,31-17-13-25(14-18-31)33-46-48-35(50-33)29-11-9-23-5-1-3-7-27(23)21-29)32-19-15-26(16-20-32)34-47-49-36(51-34)30-12-10-24-6-2-4-8-28(24)22-30/h1-22H. The molecule has 0 aliphatic heterocycles. The molecule has 0 aliphatic carbocycles. The highest BCUT2D eigenvalue weighted by Crippen LogP contribution is 2.56. The number of hydrogen-bond acceptors (Lipinski definition) is 6. The molecule has 0 aliphatic rings. The van der Waals surface area contributed by atoms with Crippen molar-refractivity contribution in [1.29, 1.82) is 0 Å². The van der Waals surface area contributed by atoms with Gasteiger partial charge >= 0.3 is 12.4 Å². The van der Waals surface area contributed by atoms with Crippen LogP contribution >= 0.6 is 0 Å². The number of nitrogens with zero attached hydrogens (tertiary/aromatic N) is 4. The average molecular weight is 693 g/mol. The Morgan fingerprint density at radius 3 is 1.02 bits per heavy atom. The quantitative estimate of drug-likeness (QED) is 0.161. The van der Waals surface area contributed by atoms with Gasteiger partial charge in [0.05, 0.1) is 0 Å². The van der Waals surface area contributed by atoms with Crippen molar-refractivity contribution in [2.75, 3.05) is 0 Å². The fourth-order valence-electron chi connectivity index (χ4n) is 6.27. The third-order valence-electron chi connectivity index (χ3n) is 8.82. The van der Waals surface area contributed by atoms with E-state index in [9.17, 15) is 26.3 Å². The molecule has 0 atom stereocenters. The minimum absolute atomic E-state index is 0.0682. The second-order valence-corrected chi connectivity index (χ2v) is 11.8. The molecule has 0 bridgehead atoms. The fourth-order valence-corrected chi connectivity index (χ4v) is 6.27. The van der Waals surface area contributed by atoms with Crippen molar-refractivity contribution in [3.63, 3.8) is 0 Å². The highest BCUT2D eigenvalue weighted by Gasteiger charge is 2.72. The van der Waals surface area contributed by atoms with Gasteiger partial charge in [0.1, 0.15) is 0 Å². The first-order chi connectivity index (χ1) is 24.5. The average Bonchev–Trinajstić information content (AvgIpc) is 3.83. The molecular weight excluding hydrogens is 670 g/mol. The van der Waals surface area contributed by atoms with Gasteiger partial charge < -0.3 is 8.83 Å². The number of hydrogen-bond donors (Lipinski definition) is 0. The fraction of sp³-hybridized carbons (Fsp3) is 0.0769. The minimum Gasteiger partial charge on any atom is -0.416 e. The van der Waals surface area contributed by atoms with Crippen molar-refractivity contribution >= 4 is 21.5 Å². The van der Waals surface area contributed by atoms with E-state index in [0.29, 0.717) is 11.1 Å². The topological polar surface area (TPSA) is 77.8 Å². The van der Waals surface area contributed by atoms with Gasteiger partial charge in [-0.1, -0.05) is 84.9 Å². The predicted octanol–water partition coefficient (Wildman–Crippen LogP) is 10.8. The monoisotopic (exact) mass is 692 g/mol. The van der Waals surface area contributed by atoms with E-state index in [0.717, 1.165) is 70.1 Å². The van der Waals surface area contributed by atoms with Gasteiger partial charge in [0, 0.05) is 22.3 Å². The van der Waals surface area contributed by atoms with Gasteiger partial charge in [-0.25, -0.2) is 0 Å². The van der Waals surface area contributed by atoms with Gasteiger partial charge in [-0.05, 0) is 81.2 Å². The first-order valence-electron chi connectivity index (χ1n) is 15.5. The number of halogens is 6. The summed E-state index contributed by atoms with van der Waals surface area (Å²) in [6.45, 7) is 0. The van der Waals surface area contributed by atoms with Crippen LogP contribution < -0.4 is 0 Å². The van der Waals surface area contributed by atoms with Crippen LogP contribution in [0, 0.1) is 0 Å². The Morgan fingerprint density at radius 2 is 0.667 bits per heavy atom. The molecule has 51 heavy (non-hydrogen) atoms. The molecule has 0 fully saturated rings. The largest absolute Gasteiger partial charge is 0.416 e. The van der Waals surface area contributed by atoms with E-state index in [-0.39, 0.29) is 34.7 Å². The van der Waals surface area contributed by atoms with Crippen LogP contribution in [0.5, 0.6) is 0 Å². The zero-order valence-electron chi connectivity index (χ0n) is 26.1. The van der Waals surface area contributed by atoms with Gasteiger partial charge in [0.2, 0.25) is 29.0 Å². The van der Waals surface area contributed by atoms with Gasteiger partial charge in [-0.2, -0.15) is 26.3 Å². The van der Waals surface area contributed by atoms with Crippen LogP contribution in [-0.4, -0.2) is 32.7 Å². The van der Waals surface area contributed by atoms with E-state index in [1.165, 1.54) is 0 Å². The van der Waals surface area contributed by atoms with Crippen molar-refractivity contribution in [1.82, 2.24) is 20.4 Å². The van der Waals surface area contributed by atoms with Crippen molar-refractivity contribution in [3.05, 3.63) is 145 Å². The molecule has 0 spiro atoms. The van der Waals surface area contributed by atoms with Crippen LogP contribution in [0.4, 0.5) is 26.3 Å². The highest BCUT2D eigenvalue weighted by atomic mass is 19.4. The van der Waals surface area contributed by atoms with Gasteiger partial charge in [-0.3, -0.25) is 0 Å². The van der Waals surface area contributed by atoms with E-state index in [1.807, 2.05) is 72.8 Å². The second kappa shape index (κ2) is 11.9. The van der Waals surface area contributed by atoms with E-state index < -0.39 is 28.9 Å². The third-order valence-corrected chi connectivity index (χ3v) is 8.82. The number of fused-ring (bicyclic) bond motifs is 2. The molecule has 12 heteroatoms. The maximum Gasteiger partial charge on any atom is 0.411 e. The van der Waals surface area contributed by atoms with Crippen molar-refractivity contribution in [3.8, 4) is 45.8 Å². The molecular formula is C39H22F6N4O2. The molecule has 6 aromatic carbocycles. The van der Waals surface area contributed by atoms with E-state index >= 15 is 0 Å². The summed E-state index contributed by atoms with van der Waals surface area (Å²) >= 11 is 0. The lowest BCUT2D eigenvalue weighted by Gasteiger charge is -2.38. The Kier molecular flexibility index (Phi) is 7.48. The number of aromatic nitrogens is 4. The van der Waals surface area contributed by atoms with Crippen LogP contribution in [-0.2, 0) is 5.41 Å². The summed E-state index contributed by atoms with van der Waals surface area (Å²) in [4.78, 5) is 0. The smallest absolute Gasteiger partial charge is 0.411 e. The molecule has 8 rings (SSSR count). The molecule has 0 amide bonds. The zero-order valence-corrected chi connectivity index (χ0v) is 26.1. The summed E-state index contributed by atoms with van der Waals surface area (Å²) in [6, 6.07) is 33.7. The lowest BCUT2D eigenvalue weighted by molar-refractivity contribution is -0.288. The molecule has 0 radical (unpaired) electrons. The Balaban J connectivity index is 1.11. The number of benzene rings is 6. The van der Waals surface area contributed by atoms with Crippen LogP contribution in [0.2, 0.25) is 0 Å². The molecule has 6 nitrogen and oxygen atoms in total. The second-order valence-electron chi connectivity index (χ2n) is 11.8. The van der Waals surface area contributed by atoms with E-state index in [1.54, 1.807) is 12.1 Å². The van der Waals surface area contributed by atoms with Crippen LogP contribution in [0.3, 0.4) is 0 Å². The first-order valence-corrected chi connectivity index (χ1v) is 15.5. The minimum atomic E-state index is -5.78. The summed E-state index contributed by atoms with van der Waals surface area (Å²) in [5.41, 5.74) is -4.95. The molecule has 0 N–H and O–H groups in total. The molecule has 0 unspecified atom stereocenters. The maximum absolute atomic E-state index is 14.9. The van der Waals surface area contributed by atoms with Crippen LogP contribution in [0.15, 0.2) is 142 Å². The molecule has 0 saturated heterocycles. The van der Waals surface area contributed by atoms with Crippen molar-refractivity contribution < 1.29 is 35.2 Å². The number of alkyl halides is 6. The molecule has 8 aromatic rings. The first kappa shape index (κ1) is 31.9. The van der Waals surface area contributed by atoms with Gasteiger partial charge in [-0.15, -0.1) is 20.4 Å². The highest BCUT2D eigenvalue weighted by molar-refractivity contribution is 5.87. The van der Waals surface area contributed by atoms with Crippen LogP contribution in [0.25, 0.3) is 67.4 Å². The Hall–Kier alpha value is -6.30. The van der Waals surface area contributed by atoms with Crippen molar-refractivity contribution in [2.24, 2.45) is 0 Å². The molecule has 0 saturated carbocycles. The summed E-state index contributed by atoms with van der Waals surface area (Å²) in [7, 11) is 0. The SMILES string of the molecule is FC(F)(F)C(c1ccc(-c2nnc(-c3ccc4ccccc4c3)o2)cc1)(c1ccc(-c2nnc(-c3ccc4ccccc4c3)o2)cc1)C(F)(F)F. The lowest BCUT2D eigenvalue weighted by atomic mass is 9.72. The normalized spacial score (nSPS) is 12.5. The lowest BCUT2D eigenvalue weighted by Crippen LogP contribution is -2.54. The molecule has 2 aromatic heterocycles. The zero-order chi connectivity index (χ0) is 35.4. The van der Waals surface area contributed by atoms with Gasteiger partial charge in [0.15, 0.2) is 0 Å². The Bertz CT molecular complexity index is 2340. The Labute approximate surface area is 285 Å². The summed E-state index contributed by atoms with van der Waals surface area (Å²) in [5.74, 6) is 0.151. The van der Waals surface area contributed by atoms with Crippen LogP contribution in [0.1, 0.15) is 11.1 Å². The van der Waals surface area contributed by atoms with E-state index in [4.69, 9.17) is 8.83 Å². The number of rotatable bonds is 6. The molecule has 2 heterocycles. The van der Waals surface area contributed by atoms with E-state index in [2.05, 4.69) is 20.4 Å². The predicted molar refractivity (Wildman–Crippen MR) is 178 cm³/mol. The molecule has 252 valence electrons.